The fourth-order valence-electron chi connectivity index (χ4n) is 0.885. The van der Waals surface area contributed by atoms with Gasteiger partial charge in [0.25, 0.3) is 0 Å². The second-order valence-electron chi connectivity index (χ2n) is 2.42. The van der Waals surface area contributed by atoms with Gasteiger partial charge in [-0.15, -0.1) is 0 Å². The van der Waals surface area contributed by atoms with Gasteiger partial charge in [-0.1, -0.05) is 13.3 Å². The van der Waals surface area contributed by atoms with Crippen LogP contribution in [-0.2, 0) is 4.79 Å². The first-order valence-corrected chi connectivity index (χ1v) is 3.67. The molecule has 0 radical (unpaired) electrons. The molecule has 1 unspecified atom stereocenters. The van der Waals surface area contributed by atoms with Crippen molar-refractivity contribution >= 4 is 5.91 Å². The van der Waals surface area contributed by atoms with Gasteiger partial charge in [-0.2, -0.15) is 0 Å². The molecule has 0 aromatic rings. The van der Waals surface area contributed by atoms with Crippen molar-refractivity contribution in [3.05, 3.63) is 0 Å². The van der Waals surface area contributed by atoms with Gasteiger partial charge in [0.05, 0.1) is 0 Å². The molecule has 0 heterocycles. The van der Waals surface area contributed by atoms with E-state index in [-0.39, 0.29) is 11.9 Å². The lowest BCUT2D eigenvalue weighted by atomic mass is 10.2. The van der Waals surface area contributed by atoms with Gasteiger partial charge < -0.3 is 11.1 Å². The minimum Gasteiger partial charge on any atom is -0.352 e. The molecule has 60 valence electrons. The smallest absolute Gasteiger partial charge is 0.217 e. The molecule has 0 saturated heterocycles. The van der Waals surface area contributed by atoms with Crippen LogP contribution < -0.4 is 11.1 Å². The Morgan fingerprint density at radius 1 is 1.70 bits per heavy atom. The molecule has 0 aliphatic heterocycles. The first kappa shape index (κ1) is 9.43. The predicted molar refractivity (Wildman–Crippen MR) is 41.6 cm³/mol. The largest absolute Gasteiger partial charge is 0.352 e. The van der Waals surface area contributed by atoms with E-state index in [0.717, 1.165) is 12.8 Å². The maximum atomic E-state index is 10.5. The van der Waals surface area contributed by atoms with E-state index < -0.39 is 0 Å². The zero-order valence-electron chi connectivity index (χ0n) is 6.68. The lowest BCUT2D eigenvalue weighted by Crippen LogP contribution is -2.38. The average molecular weight is 144 g/mol. The average Bonchev–Trinajstić information content (AvgIpc) is 1.86. The normalized spacial score (nSPS) is 12.7. The van der Waals surface area contributed by atoms with Crippen molar-refractivity contribution in [1.82, 2.24) is 5.32 Å². The Morgan fingerprint density at radius 3 is 2.60 bits per heavy atom. The van der Waals surface area contributed by atoms with Crippen molar-refractivity contribution in [3.8, 4) is 0 Å². The Labute approximate surface area is 62.0 Å². The number of carbonyl (C=O) groups is 1. The van der Waals surface area contributed by atoms with Crippen LogP contribution in [0.3, 0.4) is 0 Å². The van der Waals surface area contributed by atoms with E-state index in [4.69, 9.17) is 5.73 Å². The molecule has 0 rings (SSSR count). The topological polar surface area (TPSA) is 55.1 Å². The Morgan fingerprint density at radius 2 is 2.30 bits per heavy atom. The zero-order chi connectivity index (χ0) is 7.98. The van der Waals surface area contributed by atoms with Gasteiger partial charge in [0, 0.05) is 19.5 Å². The maximum Gasteiger partial charge on any atom is 0.217 e. The van der Waals surface area contributed by atoms with Crippen molar-refractivity contribution in [2.45, 2.75) is 32.7 Å². The molecule has 0 spiro atoms. The SMILES string of the molecule is CCCC(CN)NC(C)=O. The monoisotopic (exact) mass is 144 g/mol. The maximum absolute atomic E-state index is 10.5. The Bertz CT molecular complexity index is 104. The summed E-state index contributed by atoms with van der Waals surface area (Å²) in [6.45, 7) is 4.12. The number of hydrogen-bond donors (Lipinski definition) is 2. The summed E-state index contributed by atoms with van der Waals surface area (Å²) in [4.78, 5) is 10.5. The third-order valence-electron chi connectivity index (χ3n) is 1.33. The van der Waals surface area contributed by atoms with Gasteiger partial charge in [0.2, 0.25) is 5.91 Å². The highest BCUT2D eigenvalue weighted by Crippen LogP contribution is 1.93. The molecule has 3 nitrogen and oxygen atoms in total. The summed E-state index contributed by atoms with van der Waals surface area (Å²) in [5.41, 5.74) is 5.39. The highest BCUT2D eigenvalue weighted by atomic mass is 16.1. The van der Waals surface area contributed by atoms with Gasteiger partial charge in [0.15, 0.2) is 0 Å². The molecule has 0 aliphatic carbocycles. The Hall–Kier alpha value is -0.570. The molecular formula is C7H16N2O. The molecule has 3 heteroatoms. The Kier molecular flexibility index (Phi) is 4.94. The van der Waals surface area contributed by atoms with Crippen LogP contribution in [0.4, 0.5) is 0 Å². The van der Waals surface area contributed by atoms with Crippen LogP contribution in [0.25, 0.3) is 0 Å². The number of nitrogens with two attached hydrogens (primary N) is 1. The Balaban J connectivity index is 3.49. The molecule has 0 aromatic carbocycles. The minimum absolute atomic E-state index is 0.00361. The van der Waals surface area contributed by atoms with Crippen LogP contribution in [0, 0.1) is 0 Å². The van der Waals surface area contributed by atoms with E-state index in [2.05, 4.69) is 12.2 Å². The lowest BCUT2D eigenvalue weighted by molar-refractivity contribution is -0.119. The van der Waals surface area contributed by atoms with Crippen molar-refractivity contribution in [2.75, 3.05) is 6.54 Å². The summed E-state index contributed by atoms with van der Waals surface area (Å²) in [6.07, 6.45) is 2.03. The summed E-state index contributed by atoms with van der Waals surface area (Å²) >= 11 is 0. The number of rotatable bonds is 4. The number of amides is 1. The fourth-order valence-corrected chi connectivity index (χ4v) is 0.885. The number of nitrogens with one attached hydrogen (secondary N) is 1. The van der Waals surface area contributed by atoms with Crippen LogP contribution in [-0.4, -0.2) is 18.5 Å². The van der Waals surface area contributed by atoms with Gasteiger partial charge in [-0.05, 0) is 6.42 Å². The highest BCUT2D eigenvalue weighted by molar-refractivity contribution is 5.73. The third-order valence-corrected chi connectivity index (χ3v) is 1.33. The third kappa shape index (κ3) is 4.32. The molecule has 0 aromatic heterocycles. The molecule has 1 amide bonds. The molecule has 0 bridgehead atoms. The van der Waals surface area contributed by atoms with E-state index in [0.29, 0.717) is 6.54 Å². The summed E-state index contributed by atoms with van der Waals surface area (Å²) in [5.74, 6) is 0.00361. The van der Waals surface area contributed by atoms with Crippen LogP contribution >= 0.6 is 0 Å². The number of hydrogen-bond acceptors (Lipinski definition) is 2. The van der Waals surface area contributed by atoms with E-state index in [1.165, 1.54) is 6.92 Å². The van der Waals surface area contributed by atoms with Gasteiger partial charge >= 0.3 is 0 Å². The van der Waals surface area contributed by atoms with E-state index >= 15 is 0 Å². The molecule has 0 aliphatic rings. The van der Waals surface area contributed by atoms with Crippen molar-refractivity contribution in [3.63, 3.8) is 0 Å². The van der Waals surface area contributed by atoms with Crippen LogP contribution in [0.15, 0.2) is 0 Å². The first-order valence-electron chi connectivity index (χ1n) is 3.67. The second-order valence-corrected chi connectivity index (χ2v) is 2.42. The molecule has 3 N–H and O–H groups in total. The predicted octanol–water partition coefficient (Wildman–Crippen LogP) is 0.250. The van der Waals surface area contributed by atoms with Gasteiger partial charge in [-0.3, -0.25) is 4.79 Å². The summed E-state index contributed by atoms with van der Waals surface area (Å²) in [7, 11) is 0. The first-order chi connectivity index (χ1) is 4.70. The van der Waals surface area contributed by atoms with Crippen LogP contribution in [0.2, 0.25) is 0 Å². The fraction of sp³-hybridized carbons (Fsp3) is 0.857. The molecular weight excluding hydrogens is 128 g/mol. The molecule has 0 fully saturated rings. The van der Waals surface area contributed by atoms with E-state index in [9.17, 15) is 4.79 Å². The highest BCUT2D eigenvalue weighted by Gasteiger charge is 2.04. The van der Waals surface area contributed by atoms with Gasteiger partial charge in [0.1, 0.15) is 0 Å². The standard InChI is InChI=1S/C7H16N2O/c1-3-4-7(5-8)9-6(2)10/h7H,3-5,8H2,1-2H3,(H,9,10). The minimum atomic E-state index is 0.00361. The number of carbonyl (C=O) groups excluding carboxylic acids is 1. The quantitative estimate of drug-likeness (QED) is 0.594. The summed E-state index contributed by atoms with van der Waals surface area (Å²) in [5, 5.41) is 2.77. The van der Waals surface area contributed by atoms with Gasteiger partial charge in [-0.25, -0.2) is 0 Å². The van der Waals surface area contributed by atoms with Crippen LogP contribution in [0.1, 0.15) is 26.7 Å². The summed E-state index contributed by atoms with van der Waals surface area (Å²) < 4.78 is 0. The summed E-state index contributed by atoms with van der Waals surface area (Å²) in [6, 6.07) is 0.169. The zero-order valence-corrected chi connectivity index (χ0v) is 6.68. The van der Waals surface area contributed by atoms with Crippen molar-refractivity contribution in [1.29, 1.82) is 0 Å². The van der Waals surface area contributed by atoms with E-state index in [1.54, 1.807) is 0 Å². The molecule has 10 heavy (non-hydrogen) atoms. The van der Waals surface area contributed by atoms with E-state index in [1.807, 2.05) is 0 Å². The van der Waals surface area contributed by atoms with Crippen molar-refractivity contribution < 1.29 is 4.79 Å². The molecule has 0 saturated carbocycles. The van der Waals surface area contributed by atoms with Crippen molar-refractivity contribution in [2.24, 2.45) is 5.73 Å². The molecule has 1 atom stereocenters. The lowest BCUT2D eigenvalue weighted by Gasteiger charge is -2.13. The van der Waals surface area contributed by atoms with Crippen LogP contribution in [0.5, 0.6) is 0 Å². The second kappa shape index (κ2) is 5.23.